The Morgan fingerprint density at radius 3 is 2.65 bits per heavy atom. The zero-order valence-electron chi connectivity index (χ0n) is 11.1. The van der Waals surface area contributed by atoms with Crippen LogP contribution in [0.4, 0.5) is 0 Å². The summed E-state index contributed by atoms with van der Waals surface area (Å²) in [6.45, 7) is 3.29. The first kappa shape index (κ1) is 12.9. The van der Waals surface area contributed by atoms with E-state index in [9.17, 15) is 4.79 Å². The van der Waals surface area contributed by atoms with Gasteiger partial charge in [-0.25, -0.2) is 0 Å². The summed E-state index contributed by atoms with van der Waals surface area (Å²) in [6.07, 6.45) is 10.5. The van der Waals surface area contributed by atoms with Gasteiger partial charge in [0.15, 0.2) is 0 Å². The van der Waals surface area contributed by atoms with Crippen molar-refractivity contribution in [3.8, 4) is 0 Å². The van der Waals surface area contributed by atoms with Crippen LogP contribution in [0.15, 0.2) is 0 Å². The Kier molecular flexibility index (Phi) is 4.43. The second-order valence-corrected chi connectivity index (χ2v) is 6.02. The van der Waals surface area contributed by atoms with Crippen LogP contribution in [0, 0.1) is 0 Å². The molecular formula is C14H26N2O. The Hall–Kier alpha value is -0.570. The first-order valence-electron chi connectivity index (χ1n) is 7.22. The predicted molar refractivity (Wildman–Crippen MR) is 69.9 cm³/mol. The number of piperidine rings is 1. The summed E-state index contributed by atoms with van der Waals surface area (Å²) in [7, 11) is 0. The van der Waals surface area contributed by atoms with Crippen molar-refractivity contribution in [1.29, 1.82) is 0 Å². The fourth-order valence-electron chi connectivity index (χ4n) is 3.17. The van der Waals surface area contributed by atoms with Gasteiger partial charge in [0.25, 0.3) is 0 Å². The van der Waals surface area contributed by atoms with Crippen LogP contribution in [0.1, 0.15) is 64.7 Å². The number of nitrogens with one attached hydrogen (secondary N) is 2. The number of amides is 1. The van der Waals surface area contributed by atoms with E-state index in [0.29, 0.717) is 12.5 Å². The Balaban J connectivity index is 1.75. The van der Waals surface area contributed by atoms with Gasteiger partial charge in [-0.15, -0.1) is 0 Å². The molecule has 2 N–H and O–H groups in total. The highest BCUT2D eigenvalue weighted by Crippen LogP contribution is 2.27. The normalized spacial score (nSPS) is 28.6. The highest BCUT2D eigenvalue weighted by Gasteiger charge is 2.29. The molecule has 1 aliphatic carbocycles. The lowest BCUT2D eigenvalue weighted by Crippen LogP contribution is -2.49. The van der Waals surface area contributed by atoms with E-state index in [1.807, 2.05) is 0 Å². The summed E-state index contributed by atoms with van der Waals surface area (Å²) >= 11 is 0. The van der Waals surface area contributed by atoms with E-state index >= 15 is 0 Å². The lowest BCUT2D eigenvalue weighted by atomic mass is 9.83. The average molecular weight is 238 g/mol. The van der Waals surface area contributed by atoms with Gasteiger partial charge < -0.3 is 10.6 Å². The molecule has 2 fully saturated rings. The minimum Gasteiger partial charge on any atom is -0.351 e. The summed E-state index contributed by atoms with van der Waals surface area (Å²) in [5, 5.41) is 6.70. The summed E-state index contributed by atoms with van der Waals surface area (Å²) in [6, 6.07) is 0.413. The minimum atomic E-state index is 0.0734. The van der Waals surface area contributed by atoms with E-state index in [1.54, 1.807) is 0 Å². The molecule has 1 heterocycles. The molecule has 3 heteroatoms. The number of carbonyl (C=O) groups excluding carboxylic acids is 1. The first-order valence-corrected chi connectivity index (χ1v) is 7.22. The molecule has 17 heavy (non-hydrogen) atoms. The maximum Gasteiger partial charge on any atom is 0.221 e. The van der Waals surface area contributed by atoms with Crippen molar-refractivity contribution >= 4 is 5.91 Å². The van der Waals surface area contributed by atoms with Gasteiger partial charge in [0.05, 0.1) is 0 Å². The molecule has 1 aliphatic heterocycles. The van der Waals surface area contributed by atoms with Gasteiger partial charge in [-0.3, -0.25) is 4.79 Å². The highest BCUT2D eigenvalue weighted by molar-refractivity contribution is 5.77. The Bertz CT molecular complexity index is 253. The van der Waals surface area contributed by atoms with Gasteiger partial charge in [0.2, 0.25) is 5.91 Å². The summed E-state index contributed by atoms with van der Waals surface area (Å²) < 4.78 is 0. The molecule has 98 valence electrons. The quantitative estimate of drug-likeness (QED) is 0.792. The third-order valence-corrected chi connectivity index (χ3v) is 4.24. The van der Waals surface area contributed by atoms with E-state index in [2.05, 4.69) is 17.6 Å². The standard InChI is InChI=1S/C14H26N2O/c1-14(8-4-2-5-9-14)16-13(17)11-12-7-3-6-10-15-12/h12,15H,2-11H2,1H3,(H,16,17). The van der Waals surface area contributed by atoms with Gasteiger partial charge >= 0.3 is 0 Å². The topological polar surface area (TPSA) is 41.1 Å². The molecule has 0 spiro atoms. The number of hydrogen-bond acceptors (Lipinski definition) is 2. The van der Waals surface area contributed by atoms with Crippen LogP contribution in [0.25, 0.3) is 0 Å². The van der Waals surface area contributed by atoms with Crippen molar-refractivity contribution in [2.45, 2.75) is 76.3 Å². The molecule has 2 rings (SSSR count). The average Bonchev–Trinajstić information content (AvgIpc) is 2.30. The van der Waals surface area contributed by atoms with Crippen molar-refractivity contribution in [3.05, 3.63) is 0 Å². The molecular weight excluding hydrogens is 212 g/mol. The van der Waals surface area contributed by atoms with Gasteiger partial charge in [-0.2, -0.15) is 0 Å². The molecule has 0 aromatic heterocycles. The largest absolute Gasteiger partial charge is 0.351 e. The summed E-state index contributed by atoms with van der Waals surface area (Å²) in [5.74, 6) is 0.244. The maximum atomic E-state index is 12.0. The van der Waals surface area contributed by atoms with Crippen LogP contribution in [0.2, 0.25) is 0 Å². The van der Waals surface area contributed by atoms with Crippen LogP contribution in [-0.2, 0) is 4.79 Å². The molecule has 0 aromatic rings. The van der Waals surface area contributed by atoms with Gasteiger partial charge in [0.1, 0.15) is 0 Å². The summed E-state index contributed by atoms with van der Waals surface area (Å²) in [4.78, 5) is 12.0. The maximum absolute atomic E-state index is 12.0. The van der Waals surface area contributed by atoms with Crippen molar-refractivity contribution < 1.29 is 4.79 Å². The zero-order chi connectivity index (χ0) is 12.1. The molecule has 0 bridgehead atoms. The van der Waals surface area contributed by atoms with Crippen molar-refractivity contribution in [3.63, 3.8) is 0 Å². The lowest BCUT2D eigenvalue weighted by molar-refractivity contribution is -0.123. The SMILES string of the molecule is CC1(NC(=O)CC2CCCCN2)CCCCC1. The zero-order valence-corrected chi connectivity index (χ0v) is 11.1. The van der Waals surface area contributed by atoms with Gasteiger partial charge in [0, 0.05) is 18.0 Å². The molecule has 1 unspecified atom stereocenters. The van der Waals surface area contributed by atoms with Crippen LogP contribution in [0.5, 0.6) is 0 Å². The molecule has 0 aromatic carbocycles. The van der Waals surface area contributed by atoms with E-state index in [0.717, 1.165) is 25.8 Å². The molecule has 1 amide bonds. The van der Waals surface area contributed by atoms with Crippen LogP contribution >= 0.6 is 0 Å². The van der Waals surface area contributed by atoms with E-state index in [-0.39, 0.29) is 11.4 Å². The highest BCUT2D eigenvalue weighted by atomic mass is 16.1. The summed E-state index contributed by atoms with van der Waals surface area (Å²) in [5.41, 5.74) is 0.0734. The van der Waals surface area contributed by atoms with Gasteiger partial charge in [-0.05, 0) is 39.2 Å². The van der Waals surface area contributed by atoms with Gasteiger partial charge in [-0.1, -0.05) is 25.7 Å². The molecule has 1 saturated heterocycles. The molecule has 3 nitrogen and oxygen atoms in total. The van der Waals surface area contributed by atoms with Crippen molar-refractivity contribution in [2.24, 2.45) is 0 Å². The first-order chi connectivity index (χ1) is 8.18. The van der Waals surface area contributed by atoms with Crippen LogP contribution in [-0.4, -0.2) is 24.0 Å². The molecule has 1 atom stereocenters. The molecule has 1 saturated carbocycles. The monoisotopic (exact) mass is 238 g/mol. The molecule has 0 radical (unpaired) electrons. The third kappa shape index (κ3) is 3.98. The smallest absolute Gasteiger partial charge is 0.221 e. The van der Waals surface area contributed by atoms with Crippen LogP contribution in [0.3, 0.4) is 0 Å². The third-order valence-electron chi connectivity index (χ3n) is 4.24. The second-order valence-electron chi connectivity index (χ2n) is 6.02. The fourth-order valence-corrected chi connectivity index (χ4v) is 3.17. The van der Waals surface area contributed by atoms with E-state index < -0.39 is 0 Å². The number of hydrogen-bond donors (Lipinski definition) is 2. The predicted octanol–water partition coefficient (Wildman–Crippen LogP) is 2.36. The van der Waals surface area contributed by atoms with E-state index in [1.165, 1.54) is 32.1 Å². The van der Waals surface area contributed by atoms with Crippen molar-refractivity contribution in [1.82, 2.24) is 10.6 Å². The minimum absolute atomic E-state index is 0.0734. The lowest BCUT2D eigenvalue weighted by Gasteiger charge is -2.35. The van der Waals surface area contributed by atoms with Crippen LogP contribution < -0.4 is 10.6 Å². The van der Waals surface area contributed by atoms with E-state index in [4.69, 9.17) is 0 Å². The van der Waals surface area contributed by atoms with Crippen molar-refractivity contribution in [2.75, 3.05) is 6.54 Å². The molecule has 2 aliphatic rings. The number of rotatable bonds is 3. The second kappa shape index (κ2) is 5.85. The Morgan fingerprint density at radius 1 is 1.24 bits per heavy atom. The number of carbonyl (C=O) groups is 1. The Morgan fingerprint density at radius 2 is 2.00 bits per heavy atom. The Labute approximate surface area is 105 Å². The fraction of sp³-hybridized carbons (Fsp3) is 0.929.